The second kappa shape index (κ2) is 6.57. The summed E-state index contributed by atoms with van der Waals surface area (Å²) in [5.74, 6) is -0.0388. The van der Waals surface area contributed by atoms with Crippen molar-refractivity contribution in [2.24, 2.45) is 0 Å². The van der Waals surface area contributed by atoms with E-state index in [0.717, 1.165) is 16.8 Å². The summed E-state index contributed by atoms with van der Waals surface area (Å²) in [5, 5.41) is 10.6. The molecule has 128 valence electrons. The molecule has 2 heterocycles. The molecule has 3 rings (SSSR count). The normalized spacial score (nSPS) is 19.3. The summed E-state index contributed by atoms with van der Waals surface area (Å²) in [6, 6.07) is 6.95. The maximum absolute atomic E-state index is 12.3. The smallest absolute Gasteiger partial charge is 0.224 e. The summed E-state index contributed by atoms with van der Waals surface area (Å²) >= 11 is 5.91. The van der Waals surface area contributed by atoms with Crippen molar-refractivity contribution in [2.45, 2.75) is 25.8 Å². The first-order chi connectivity index (χ1) is 11.3. The number of carbonyl (C=O) groups is 1. The zero-order chi connectivity index (χ0) is 17.3. The van der Waals surface area contributed by atoms with Gasteiger partial charge in [-0.3, -0.25) is 9.89 Å². The number of carbonyl (C=O) groups excluding carboxylic acids is 1. The molecular weight excluding hydrogens is 350 g/mol. The van der Waals surface area contributed by atoms with Crippen LogP contribution in [0, 0.1) is 6.92 Å². The third-order valence-electron chi connectivity index (χ3n) is 4.13. The van der Waals surface area contributed by atoms with E-state index in [1.54, 1.807) is 12.1 Å². The summed E-state index contributed by atoms with van der Waals surface area (Å²) in [4.78, 5) is 12.3. The van der Waals surface area contributed by atoms with Crippen molar-refractivity contribution in [3.05, 3.63) is 40.5 Å². The van der Waals surface area contributed by atoms with Gasteiger partial charge >= 0.3 is 0 Å². The molecule has 1 aromatic heterocycles. The van der Waals surface area contributed by atoms with Crippen molar-refractivity contribution in [3.8, 4) is 11.3 Å². The zero-order valence-electron chi connectivity index (χ0n) is 13.2. The summed E-state index contributed by atoms with van der Waals surface area (Å²) in [7, 11) is -3.01. The average Bonchev–Trinajstić information content (AvgIpc) is 3.03. The Kier molecular flexibility index (Phi) is 4.64. The number of aryl methyl sites for hydroxylation is 1. The number of hydrogen-bond acceptors (Lipinski definition) is 4. The van der Waals surface area contributed by atoms with Gasteiger partial charge in [0.15, 0.2) is 9.84 Å². The first-order valence-corrected chi connectivity index (χ1v) is 9.83. The van der Waals surface area contributed by atoms with Crippen LogP contribution in [0.2, 0.25) is 5.02 Å². The van der Waals surface area contributed by atoms with Crippen LogP contribution in [-0.4, -0.2) is 42.1 Å². The highest BCUT2D eigenvalue weighted by Gasteiger charge is 2.29. The lowest BCUT2D eigenvalue weighted by Crippen LogP contribution is -2.36. The molecule has 2 aromatic rings. The molecule has 1 aromatic carbocycles. The SMILES string of the molecule is Cc1[nH]nc(-c2ccc(Cl)cc2)c1CC(=O)N[C@@H]1CCS(=O)(=O)C1. The molecule has 2 N–H and O–H groups in total. The van der Waals surface area contributed by atoms with Crippen LogP contribution in [-0.2, 0) is 21.1 Å². The number of halogens is 1. The fourth-order valence-electron chi connectivity index (χ4n) is 2.86. The Morgan fingerprint density at radius 3 is 2.71 bits per heavy atom. The topological polar surface area (TPSA) is 91.9 Å². The summed E-state index contributed by atoms with van der Waals surface area (Å²) in [5.41, 5.74) is 3.19. The first-order valence-electron chi connectivity index (χ1n) is 7.63. The number of hydrogen-bond donors (Lipinski definition) is 2. The Morgan fingerprint density at radius 1 is 1.38 bits per heavy atom. The van der Waals surface area contributed by atoms with Gasteiger partial charge in [-0.15, -0.1) is 0 Å². The number of H-pyrrole nitrogens is 1. The fourth-order valence-corrected chi connectivity index (χ4v) is 4.66. The molecule has 0 unspecified atom stereocenters. The van der Waals surface area contributed by atoms with Crippen molar-refractivity contribution >= 4 is 27.3 Å². The van der Waals surface area contributed by atoms with Crippen molar-refractivity contribution in [3.63, 3.8) is 0 Å². The summed E-state index contributed by atoms with van der Waals surface area (Å²) in [6.45, 7) is 1.86. The van der Waals surface area contributed by atoms with Gasteiger partial charge in [0, 0.05) is 27.9 Å². The van der Waals surface area contributed by atoms with Gasteiger partial charge in [0.05, 0.1) is 23.6 Å². The maximum Gasteiger partial charge on any atom is 0.224 e. The van der Waals surface area contributed by atoms with Gasteiger partial charge in [-0.25, -0.2) is 8.42 Å². The number of amides is 1. The quantitative estimate of drug-likeness (QED) is 0.863. The number of benzene rings is 1. The van der Waals surface area contributed by atoms with Crippen LogP contribution in [0.3, 0.4) is 0 Å². The van der Waals surface area contributed by atoms with Gasteiger partial charge in [0.2, 0.25) is 5.91 Å². The van der Waals surface area contributed by atoms with E-state index in [1.165, 1.54) is 0 Å². The summed E-state index contributed by atoms with van der Waals surface area (Å²) < 4.78 is 23.0. The molecular formula is C16H18ClN3O3S. The third kappa shape index (κ3) is 3.79. The van der Waals surface area contributed by atoms with E-state index in [4.69, 9.17) is 11.6 Å². The molecule has 1 aliphatic heterocycles. The molecule has 0 bridgehead atoms. The summed E-state index contributed by atoms with van der Waals surface area (Å²) in [6.07, 6.45) is 0.624. The minimum atomic E-state index is -3.01. The van der Waals surface area contributed by atoms with E-state index in [2.05, 4.69) is 15.5 Å². The lowest BCUT2D eigenvalue weighted by atomic mass is 10.0. The van der Waals surface area contributed by atoms with Crippen molar-refractivity contribution < 1.29 is 13.2 Å². The van der Waals surface area contributed by atoms with Gasteiger partial charge in [0.25, 0.3) is 0 Å². The van der Waals surface area contributed by atoms with E-state index in [-0.39, 0.29) is 29.9 Å². The Balaban J connectivity index is 1.74. The molecule has 1 amide bonds. The molecule has 0 saturated carbocycles. The standard InChI is InChI=1S/C16H18ClN3O3S/c1-10-14(8-15(21)18-13-6-7-24(22,23)9-13)16(20-19-10)11-2-4-12(17)5-3-11/h2-5,13H,6-9H2,1H3,(H,18,21)(H,19,20)/t13-/m1/s1. The second-order valence-electron chi connectivity index (χ2n) is 6.03. The molecule has 0 radical (unpaired) electrons. The van der Waals surface area contributed by atoms with E-state index in [0.29, 0.717) is 17.1 Å². The van der Waals surface area contributed by atoms with E-state index in [1.807, 2.05) is 19.1 Å². The Morgan fingerprint density at radius 2 is 2.08 bits per heavy atom. The molecule has 1 aliphatic rings. The highest BCUT2D eigenvalue weighted by atomic mass is 35.5. The Labute approximate surface area is 145 Å². The first kappa shape index (κ1) is 17.0. The van der Waals surface area contributed by atoms with E-state index >= 15 is 0 Å². The lowest BCUT2D eigenvalue weighted by molar-refractivity contribution is -0.121. The van der Waals surface area contributed by atoms with Crippen LogP contribution in [0.5, 0.6) is 0 Å². The second-order valence-corrected chi connectivity index (χ2v) is 8.69. The molecule has 1 fully saturated rings. The molecule has 1 saturated heterocycles. The minimum absolute atomic E-state index is 0.0210. The van der Waals surface area contributed by atoms with Gasteiger partial charge in [-0.2, -0.15) is 5.10 Å². The number of aromatic amines is 1. The van der Waals surface area contributed by atoms with Crippen LogP contribution >= 0.6 is 11.6 Å². The largest absolute Gasteiger partial charge is 0.352 e. The number of sulfone groups is 1. The molecule has 6 nitrogen and oxygen atoms in total. The van der Waals surface area contributed by atoms with Crippen LogP contribution in [0.25, 0.3) is 11.3 Å². The number of aromatic nitrogens is 2. The van der Waals surface area contributed by atoms with Gasteiger partial charge in [0.1, 0.15) is 0 Å². The number of rotatable bonds is 4. The van der Waals surface area contributed by atoms with E-state index in [9.17, 15) is 13.2 Å². The Bertz CT molecular complexity index is 859. The predicted molar refractivity (Wildman–Crippen MR) is 92.7 cm³/mol. The van der Waals surface area contributed by atoms with Gasteiger partial charge < -0.3 is 5.32 Å². The average molecular weight is 368 g/mol. The number of nitrogens with one attached hydrogen (secondary N) is 2. The fraction of sp³-hybridized carbons (Fsp3) is 0.375. The predicted octanol–water partition coefficient (Wildman–Crippen LogP) is 1.88. The molecule has 24 heavy (non-hydrogen) atoms. The number of nitrogens with zero attached hydrogens (tertiary/aromatic N) is 1. The lowest BCUT2D eigenvalue weighted by Gasteiger charge is -2.11. The maximum atomic E-state index is 12.3. The highest BCUT2D eigenvalue weighted by molar-refractivity contribution is 7.91. The third-order valence-corrected chi connectivity index (χ3v) is 6.15. The molecule has 8 heteroatoms. The Hall–Kier alpha value is -1.86. The van der Waals surface area contributed by atoms with Gasteiger partial charge in [-0.05, 0) is 25.5 Å². The molecule has 0 aliphatic carbocycles. The van der Waals surface area contributed by atoms with Crippen LogP contribution < -0.4 is 5.32 Å². The van der Waals surface area contributed by atoms with Crippen LogP contribution in [0.4, 0.5) is 0 Å². The highest BCUT2D eigenvalue weighted by Crippen LogP contribution is 2.25. The minimum Gasteiger partial charge on any atom is -0.352 e. The van der Waals surface area contributed by atoms with Crippen LogP contribution in [0.1, 0.15) is 17.7 Å². The van der Waals surface area contributed by atoms with Crippen molar-refractivity contribution in [2.75, 3.05) is 11.5 Å². The molecule has 1 atom stereocenters. The zero-order valence-corrected chi connectivity index (χ0v) is 14.7. The molecule has 0 spiro atoms. The van der Waals surface area contributed by atoms with Gasteiger partial charge in [-0.1, -0.05) is 23.7 Å². The monoisotopic (exact) mass is 367 g/mol. The van der Waals surface area contributed by atoms with Crippen LogP contribution in [0.15, 0.2) is 24.3 Å². The van der Waals surface area contributed by atoms with E-state index < -0.39 is 9.84 Å². The van der Waals surface area contributed by atoms with Crippen molar-refractivity contribution in [1.29, 1.82) is 0 Å². The van der Waals surface area contributed by atoms with Crippen molar-refractivity contribution in [1.82, 2.24) is 15.5 Å².